The van der Waals surface area contributed by atoms with Crippen molar-refractivity contribution in [3.8, 4) is 5.69 Å². The zero-order chi connectivity index (χ0) is 25.8. The zero-order valence-corrected chi connectivity index (χ0v) is 20.7. The van der Waals surface area contributed by atoms with Gasteiger partial charge in [-0.2, -0.15) is 9.78 Å². The average molecular weight is 544 g/mol. The van der Waals surface area contributed by atoms with Crippen LogP contribution in [0, 0.1) is 0 Å². The van der Waals surface area contributed by atoms with Crippen LogP contribution < -0.4 is 16.1 Å². The molecule has 11 heteroatoms. The Hall–Kier alpha value is -3.72. The van der Waals surface area contributed by atoms with Gasteiger partial charge in [0.05, 0.1) is 18.7 Å². The molecule has 4 rings (SSSR count). The number of nitrogens with one attached hydrogen (secondary N) is 1. The fraction of sp³-hybridized carbons (Fsp3) is 0.0800. The van der Waals surface area contributed by atoms with Crippen LogP contribution in [0.2, 0.25) is 15.1 Å². The summed E-state index contributed by atoms with van der Waals surface area (Å²) in [7, 11) is 0. The summed E-state index contributed by atoms with van der Waals surface area (Å²) in [5.74, 6) is -0.688. The number of rotatable bonds is 7. The second-order valence-electron chi connectivity index (χ2n) is 7.66. The van der Waals surface area contributed by atoms with E-state index in [9.17, 15) is 19.2 Å². The van der Waals surface area contributed by atoms with Gasteiger partial charge in [-0.05, 0) is 42.0 Å². The minimum atomic E-state index is -0.771. The van der Waals surface area contributed by atoms with E-state index >= 15 is 0 Å². The largest absolute Gasteiger partial charge is 0.349 e. The van der Waals surface area contributed by atoms with Gasteiger partial charge in [-0.15, -0.1) is 0 Å². The molecule has 1 aromatic heterocycles. The van der Waals surface area contributed by atoms with Gasteiger partial charge in [0.25, 0.3) is 5.56 Å². The molecule has 0 aliphatic rings. The molecule has 0 aliphatic heterocycles. The van der Waals surface area contributed by atoms with Gasteiger partial charge >= 0.3 is 5.69 Å². The Morgan fingerprint density at radius 3 is 2.17 bits per heavy atom. The monoisotopic (exact) mass is 542 g/mol. The first-order chi connectivity index (χ1) is 17.2. The number of carbonyl (C=O) groups excluding carboxylic acids is 2. The number of Topliss-reactive ketones (excluding diaryl/α,β-unsaturated/α-hetero) is 1. The molecule has 182 valence electrons. The second-order valence-corrected chi connectivity index (χ2v) is 8.91. The summed E-state index contributed by atoms with van der Waals surface area (Å²) in [6.45, 7) is -0.214. The lowest BCUT2D eigenvalue weighted by atomic mass is 10.1. The number of carbonyl (C=O) groups is 2. The number of hydrogen-bond donors (Lipinski definition) is 1. The van der Waals surface area contributed by atoms with E-state index in [1.165, 1.54) is 17.0 Å². The van der Waals surface area contributed by atoms with Crippen LogP contribution in [0.3, 0.4) is 0 Å². The Morgan fingerprint density at radius 2 is 1.56 bits per heavy atom. The van der Waals surface area contributed by atoms with Crippen molar-refractivity contribution in [1.82, 2.24) is 14.8 Å². The van der Waals surface area contributed by atoms with Gasteiger partial charge in [0.15, 0.2) is 5.78 Å². The highest BCUT2D eigenvalue weighted by Crippen LogP contribution is 2.29. The predicted octanol–water partition coefficient (Wildman–Crippen LogP) is 4.34. The summed E-state index contributed by atoms with van der Waals surface area (Å²) in [4.78, 5) is 53.1. The van der Waals surface area contributed by atoms with Crippen LogP contribution in [-0.2, 0) is 11.2 Å². The molecule has 1 amide bonds. The van der Waals surface area contributed by atoms with Gasteiger partial charge < -0.3 is 4.90 Å². The van der Waals surface area contributed by atoms with Crippen molar-refractivity contribution in [3.05, 3.63) is 120 Å². The van der Waals surface area contributed by atoms with Crippen molar-refractivity contribution in [3.63, 3.8) is 0 Å². The normalized spacial score (nSPS) is 10.8. The van der Waals surface area contributed by atoms with E-state index in [1.807, 2.05) is 0 Å². The molecule has 0 spiro atoms. The zero-order valence-electron chi connectivity index (χ0n) is 18.5. The first kappa shape index (κ1) is 25.4. The molecule has 36 heavy (non-hydrogen) atoms. The highest BCUT2D eigenvalue weighted by molar-refractivity contribution is 6.36. The molecule has 0 aliphatic carbocycles. The number of anilines is 1. The van der Waals surface area contributed by atoms with Crippen LogP contribution in [0.5, 0.6) is 0 Å². The first-order valence-corrected chi connectivity index (χ1v) is 11.7. The van der Waals surface area contributed by atoms with E-state index in [2.05, 4.69) is 10.1 Å². The van der Waals surface area contributed by atoms with Crippen molar-refractivity contribution >= 4 is 52.2 Å². The van der Waals surface area contributed by atoms with Crippen LogP contribution in [0.1, 0.15) is 15.9 Å². The number of nitrogens with zero attached hydrogens (tertiary/aromatic N) is 3. The molecule has 1 heterocycles. The molecule has 0 atom stereocenters. The number of aromatic amines is 1. The fourth-order valence-electron chi connectivity index (χ4n) is 3.47. The molecule has 0 saturated carbocycles. The quantitative estimate of drug-likeness (QED) is 0.349. The molecule has 3 aromatic carbocycles. The molecule has 0 bridgehead atoms. The predicted molar refractivity (Wildman–Crippen MR) is 139 cm³/mol. The summed E-state index contributed by atoms with van der Waals surface area (Å²) in [6, 6.07) is 18.0. The summed E-state index contributed by atoms with van der Waals surface area (Å²) < 4.78 is 0.920. The number of halogens is 3. The summed E-state index contributed by atoms with van der Waals surface area (Å²) in [5.41, 5.74) is 0.0202. The second kappa shape index (κ2) is 10.9. The summed E-state index contributed by atoms with van der Waals surface area (Å²) in [6.07, 6.45) is 0.713. The van der Waals surface area contributed by atoms with E-state index in [0.29, 0.717) is 21.8 Å². The highest BCUT2D eigenvalue weighted by Gasteiger charge is 2.23. The van der Waals surface area contributed by atoms with Crippen LogP contribution in [-0.4, -0.2) is 33.0 Å². The third-order valence-corrected chi connectivity index (χ3v) is 6.17. The number of hydrogen-bond acceptors (Lipinski definition) is 5. The van der Waals surface area contributed by atoms with Gasteiger partial charge in [-0.3, -0.25) is 19.4 Å². The van der Waals surface area contributed by atoms with Crippen LogP contribution in [0.25, 0.3) is 5.69 Å². The molecule has 0 saturated heterocycles. The van der Waals surface area contributed by atoms with Gasteiger partial charge in [0, 0.05) is 26.3 Å². The van der Waals surface area contributed by atoms with Crippen LogP contribution in [0.15, 0.2) is 82.5 Å². The fourth-order valence-corrected chi connectivity index (χ4v) is 4.20. The number of H-pyrrole nitrogens is 1. The number of amides is 1. The van der Waals surface area contributed by atoms with Crippen molar-refractivity contribution in [2.24, 2.45) is 0 Å². The summed E-state index contributed by atoms with van der Waals surface area (Å²) >= 11 is 18.9. The Kier molecular flexibility index (Phi) is 7.69. The van der Waals surface area contributed by atoms with Gasteiger partial charge in [-0.25, -0.2) is 4.79 Å². The van der Waals surface area contributed by atoms with E-state index in [-0.39, 0.29) is 34.5 Å². The van der Waals surface area contributed by atoms with E-state index in [0.717, 1.165) is 10.9 Å². The maximum Gasteiger partial charge on any atom is 0.349 e. The third kappa shape index (κ3) is 5.73. The maximum absolute atomic E-state index is 13.4. The van der Waals surface area contributed by atoms with Crippen molar-refractivity contribution in [2.75, 3.05) is 11.4 Å². The molecule has 0 unspecified atom stereocenters. The molecular formula is C25H17Cl3N4O4. The Balaban J connectivity index is 1.65. The number of benzene rings is 3. The van der Waals surface area contributed by atoms with Crippen molar-refractivity contribution < 1.29 is 9.59 Å². The Bertz CT molecular complexity index is 1530. The number of aromatic nitrogens is 3. The SMILES string of the molecule is O=C(CN(C(=O)Cc1c(Cl)cc(-n2ncc(=O)[nH]c2=O)cc1Cl)c1ccc(Cl)cc1)c1ccccc1. The Labute approximate surface area is 219 Å². The van der Waals surface area contributed by atoms with Gasteiger partial charge in [0.2, 0.25) is 5.91 Å². The van der Waals surface area contributed by atoms with E-state index in [4.69, 9.17) is 34.8 Å². The van der Waals surface area contributed by atoms with E-state index in [1.54, 1.807) is 54.6 Å². The molecular weight excluding hydrogens is 527 g/mol. The highest BCUT2D eigenvalue weighted by atomic mass is 35.5. The summed E-state index contributed by atoms with van der Waals surface area (Å²) in [5, 5.41) is 4.47. The molecule has 0 fully saturated rings. The third-order valence-electron chi connectivity index (χ3n) is 5.25. The molecule has 4 aromatic rings. The standard InChI is InChI=1S/C25H17Cl3N4O4/c26-16-6-8-17(9-7-16)31(14-22(33)15-4-2-1-3-5-15)24(35)12-19-20(27)10-18(11-21(19)28)32-25(36)30-23(34)13-29-32/h1-11,13H,12,14H2,(H,30,34,36). The minimum absolute atomic E-state index is 0.108. The van der Waals surface area contributed by atoms with Crippen LogP contribution >= 0.6 is 34.8 Å². The lowest BCUT2D eigenvalue weighted by molar-refractivity contribution is -0.117. The minimum Gasteiger partial charge on any atom is -0.304 e. The molecule has 1 N–H and O–H groups in total. The first-order valence-electron chi connectivity index (χ1n) is 10.5. The molecule has 8 nitrogen and oxygen atoms in total. The van der Waals surface area contributed by atoms with Gasteiger partial charge in [-0.1, -0.05) is 65.1 Å². The lowest BCUT2D eigenvalue weighted by Gasteiger charge is -2.23. The van der Waals surface area contributed by atoms with Crippen molar-refractivity contribution in [1.29, 1.82) is 0 Å². The van der Waals surface area contributed by atoms with Gasteiger partial charge in [0.1, 0.15) is 6.20 Å². The number of ketones is 1. The topological polar surface area (TPSA) is 105 Å². The molecule has 0 radical (unpaired) electrons. The Morgan fingerprint density at radius 1 is 0.917 bits per heavy atom. The smallest absolute Gasteiger partial charge is 0.304 e. The lowest BCUT2D eigenvalue weighted by Crippen LogP contribution is -2.37. The van der Waals surface area contributed by atoms with E-state index < -0.39 is 17.2 Å². The average Bonchev–Trinajstić information content (AvgIpc) is 2.85. The van der Waals surface area contributed by atoms with Crippen molar-refractivity contribution in [2.45, 2.75) is 6.42 Å². The maximum atomic E-state index is 13.4. The van der Waals surface area contributed by atoms with Crippen LogP contribution in [0.4, 0.5) is 5.69 Å².